The maximum Gasteiger partial charge on any atom is 0.335 e. The van der Waals surface area contributed by atoms with Crippen molar-refractivity contribution < 1.29 is 9.90 Å². The van der Waals surface area contributed by atoms with E-state index in [1.54, 1.807) is 23.5 Å². The van der Waals surface area contributed by atoms with Crippen LogP contribution in [0.3, 0.4) is 0 Å². The van der Waals surface area contributed by atoms with Gasteiger partial charge in [-0.25, -0.2) is 14.8 Å². The van der Waals surface area contributed by atoms with E-state index in [4.69, 9.17) is 0 Å². The van der Waals surface area contributed by atoms with Gasteiger partial charge in [-0.2, -0.15) is 0 Å². The third kappa shape index (κ3) is 4.01. The molecule has 0 atom stereocenters. The van der Waals surface area contributed by atoms with E-state index < -0.39 is 5.97 Å². The van der Waals surface area contributed by atoms with Crippen molar-refractivity contribution in [3.8, 4) is 0 Å². The van der Waals surface area contributed by atoms with Crippen LogP contribution < -0.4 is 4.90 Å². The van der Waals surface area contributed by atoms with Gasteiger partial charge in [0.2, 0.25) is 0 Å². The third-order valence-electron chi connectivity index (χ3n) is 3.07. The second-order valence-corrected chi connectivity index (χ2v) is 6.04. The van der Waals surface area contributed by atoms with Crippen LogP contribution in [0.1, 0.15) is 40.1 Å². The van der Waals surface area contributed by atoms with Gasteiger partial charge in [-0.3, -0.25) is 0 Å². The van der Waals surface area contributed by atoms with Gasteiger partial charge in [0.15, 0.2) is 0 Å². The van der Waals surface area contributed by atoms with Crippen molar-refractivity contribution >= 4 is 23.1 Å². The van der Waals surface area contributed by atoms with E-state index in [9.17, 15) is 9.90 Å². The number of carboxylic acid groups (broad SMARTS) is 1. The molecule has 0 aliphatic rings. The van der Waals surface area contributed by atoms with Gasteiger partial charge in [-0.1, -0.05) is 13.3 Å². The molecule has 0 amide bonds. The zero-order chi connectivity index (χ0) is 15.4. The second-order valence-electron chi connectivity index (χ2n) is 4.97. The van der Waals surface area contributed by atoms with E-state index in [1.165, 1.54) is 0 Å². The van der Waals surface area contributed by atoms with Crippen LogP contribution in [0.4, 0.5) is 5.82 Å². The first-order chi connectivity index (χ1) is 9.99. The molecule has 0 unspecified atom stereocenters. The van der Waals surface area contributed by atoms with E-state index in [2.05, 4.69) is 16.9 Å². The lowest BCUT2D eigenvalue weighted by Crippen LogP contribution is -2.19. The van der Waals surface area contributed by atoms with Gasteiger partial charge in [0, 0.05) is 18.1 Å². The zero-order valence-electron chi connectivity index (χ0n) is 12.5. The van der Waals surface area contributed by atoms with Crippen molar-refractivity contribution in [1.29, 1.82) is 0 Å². The van der Waals surface area contributed by atoms with Gasteiger partial charge < -0.3 is 10.0 Å². The fourth-order valence-electron chi connectivity index (χ4n) is 2.08. The Morgan fingerprint density at radius 1 is 1.33 bits per heavy atom. The Hall–Kier alpha value is -1.95. The number of hydrogen-bond donors (Lipinski definition) is 1. The second kappa shape index (κ2) is 6.67. The summed E-state index contributed by atoms with van der Waals surface area (Å²) in [6, 6.07) is 3.26. The molecule has 0 aromatic carbocycles. The molecule has 0 bridgehead atoms. The minimum Gasteiger partial charge on any atom is -0.478 e. The summed E-state index contributed by atoms with van der Waals surface area (Å²) in [5.41, 5.74) is 2.07. The molecule has 0 radical (unpaired) electrons. The molecule has 0 spiro atoms. The fourth-order valence-corrected chi connectivity index (χ4v) is 2.68. The number of carboxylic acids is 1. The number of pyridine rings is 1. The Bertz CT molecular complexity index is 640. The maximum absolute atomic E-state index is 11.2. The Morgan fingerprint density at radius 3 is 2.67 bits per heavy atom. The lowest BCUT2D eigenvalue weighted by atomic mass is 10.1. The highest BCUT2D eigenvalue weighted by Gasteiger charge is 2.12. The van der Waals surface area contributed by atoms with E-state index in [1.807, 2.05) is 24.3 Å². The van der Waals surface area contributed by atoms with Crippen LogP contribution >= 0.6 is 11.3 Å². The van der Waals surface area contributed by atoms with Crippen molar-refractivity contribution in [1.82, 2.24) is 9.97 Å². The molecular weight excluding hydrogens is 286 g/mol. The molecule has 2 rings (SSSR count). The minimum absolute atomic E-state index is 0.282. The molecule has 6 heteroatoms. The van der Waals surface area contributed by atoms with Crippen LogP contribution in [0.15, 0.2) is 17.5 Å². The predicted molar refractivity (Wildman–Crippen MR) is 84.1 cm³/mol. The topological polar surface area (TPSA) is 66.3 Å². The summed E-state index contributed by atoms with van der Waals surface area (Å²) >= 11 is 1.61. The molecule has 0 saturated carbocycles. The van der Waals surface area contributed by atoms with Crippen molar-refractivity contribution in [3.05, 3.63) is 39.5 Å². The smallest absolute Gasteiger partial charge is 0.335 e. The molecule has 0 saturated heterocycles. The first kappa shape index (κ1) is 15.4. The number of aromatic carboxylic acids is 1. The molecule has 1 N–H and O–H groups in total. The van der Waals surface area contributed by atoms with Gasteiger partial charge in [-0.05, 0) is 25.5 Å². The summed E-state index contributed by atoms with van der Waals surface area (Å²) in [5, 5.41) is 12.3. The van der Waals surface area contributed by atoms with E-state index in [0.29, 0.717) is 12.4 Å². The van der Waals surface area contributed by atoms with E-state index in [0.717, 1.165) is 29.2 Å². The molecule has 112 valence electrons. The number of anilines is 1. The number of rotatable bonds is 6. The summed E-state index contributed by atoms with van der Waals surface area (Å²) in [5.74, 6) is -0.252. The molecule has 21 heavy (non-hydrogen) atoms. The zero-order valence-corrected chi connectivity index (χ0v) is 13.3. The SMILES string of the molecule is CCCc1cc(C(=O)O)cc(N(C)Cc2csc(C)n2)n1. The Balaban J connectivity index is 2.26. The summed E-state index contributed by atoms with van der Waals surface area (Å²) < 4.78 is 0. The van der Waals surface area contributed by atoms with Gasteiger partial charge >= 0.3 is 5.97 Å². The van der Waals surface area contributed by atoms with E-state index >= 15 is 0 Å². The van der Waals surface area contributed by atoms with Crippen molar-refractivity contribution in [2.45, 2.75) is 33.2 Å². The molecule has 2 heterocycles. The van der Waals surface area contributed by atoms with Gasteiger partial charge in [0.1, 0.15) is 5.82 Å². The van der Waals surface area contributed by atoms with Gasteiger partial charge in [-0.15, -0.1) is 11.3 Å². The van der Waals surface area contributed by atoms with Crippen LogP contribution in [0.25, 0.3) is 0 Å². The number of thiazole rings is 1. The number of aryl methyl sites for hydroxylation is 2. The predicted octanol–water partition coefficient (Wildman–Crippen LogP) is 3.13. The van der Waals surface area contributed by atoms with Crippen LogP contribution in [-0.4, -0.2) is 28.1 Å². The number of nitrogens with zero attached hydrogens (tertiary/aromatic N) is 3. The number of carbonyl (C=O) groups is 1. The lowest BCUT2D eigenvalue weighted by Gasteiger charge is -2.18. The maximum atomic E-state index is 11.2. The normalized spacial score (nSPS) is 10.6. The van der Waals surface area contributed by atoms with Crippen LogP contribution in [0.5, 0.6) is 0 Å². The van der Waals surface area contributed by atoms with Gasteiger partial charge in [0.05, 0.1) is 22.8 Å². The highest BCUT2D eigenvalue weighted by molar-refractivity contribution is 7.09. The average molecular weight is 305 g/mol. The molecule has 0 aliphatic carbocycles. The molecule has 5 nitrogen and oxygen atoms in total. The number of aromatic nitrogens is 2. The first-order valence-electron chi connectivity index (χ1n) is 6.86. The van der Waals surface area contributed by atoms with Crippen LogP contribution in [0, 0.1) is 6.92 Å². The van der Waals surface area contributed by atoms with Crippen molar-refractivity contribution in [2.75, 3.05) is 11.9 Å². The fraction of sp³-hybridized carbons (Fsp3) is 0.400. The van der Waals surface area contributed by atoms with Gasteiger partial charge in [0.25, 0.3) is 0 Å². The molecular formula is C15H19N3O2S. The Morgan fingerprint density at radius 2 is 2.10 bits per heavy atom. The third-order valence-corrected chi connectivity index (χ3v) is 3.90. The summed E-state index contributed by atoms with van der Waals surface area (Å²) in [4.78, 5) is 22.1. The Kier molecular flexibility index (Phi) is 4.90. The Labute approximate surface area is 128 Å². The summed E-state index contributed by atoms with van der Waals surface area (Å²) in [6.45, 7) is 4.64. The molecule has 0 aliphatic heterocycles. The van der Waals surface area contributed by atoms with Crippen molar-refractivity contribution in [3.63, 3.8) is 0 Å². The summed E-state index contributed by atoms with van der Waals surface area (Å²) in [6.07, 6.45) is 1.71. The quantitative estimate of drug-likeness (QED) is 0.888. The summed E-state index contributed by atoms with van der Waals surface area (Å²) in [7, 11) is 1.90. The standard InChI is InChI=1S/C15H19N3O2S/c1-4-5-12-6-11(15(19)20)7-14(17-12)18(3)8-13-9-21-10(2)16-13/h6-7,9H,4-5,8H2,1-3H3,(H,19,20). The van der Waals surface area contributed by atoms with Crippen LogP contribution in [0.2, 0.25) is 0 Å². The largest absolute Gasteiger partial charge is 0.478 e. The minimum atomic E-state index is -0.922. The highest BCUT2D eigenvalue weighted by atomic mass is 32.1. The average Bonchev–Trinajstić information content (AvgIpc) is 2.84. The van der Waals surface area contributed by atoms with E-state index in [-0.39, 0.29) is 5.56 Å². The number of hydrogen-bond acceptors (Lipinski definition) is 5. The molecule has 2 aromatic rings. The highest BCUT2D eigenvalue weighted by Crippen LogP contribution is 2.18. The first-order valence-corrected chi connectivity index (χ1v) is 7.74. The monoisotopic (exact) mass is 305 g/mol. The molecule has 0 fully saturated rings. The van der Waals surface area contributed by atoms with Crippen molar-refractivity contribution in [2.24, 2.45) is 0 Å². The molecule has 2 aromatic heterocycles. The van der Waals surface area contributed by atoms with Crippen LogP contribution in [-0.2, 0) is 13.0 Å². The lowest BCUT2D eigenvalue weighted by molar-refractivity contribution is 0.0696.